The molecule has 5 heteroatoms. The van der Waals surface area contributed by atoms with Crippen molar-refractivity contribution < 1.29 is 4.79 Å². The summed E-state index contributed by atoms with van der Waals surface area (Å²) in [5.41, 5.74) is 5.96. The number of guanidine groups is 1. The molecule has 0 bridgehead atoms. The van der Waals surface area contributed by atoms with Gasteiger partial charge in [0.25, 0.3) is 0 Å². The third-order valence-corrected chi connectivity index (χ3v) is 3.82. The van der Waals surface area contributed by atoms with Crippen molar-refractivity contribution >= 4 is 11.9 Å². The molecule has 1 amide bonds. The smallest absolute Gasteiger partial charge is 0.244 e. The summed E-state index contributed by atoms with van der Waals surface area (Å²) in [7, 11) is 0. The number of amides is 1. The first-order chi connectivity index (χ1) is 8.66. The second-order valence-electron chi connectivity index (χ2n) is 5.46. The molecular weight excluding hydrogens is 228 g/mol. The SMILES string of the molecule is CC1CCCN(C(N)=NCC(=O)N2CCCC2)C1. The summed E-state index contributed by atoms with van der Waals surface area (Å²) in [6.07, 6.45) is 4.66. The highest BCUT2D eigenvalue weighted by Crippen LogP contribution is 2.15. The first kappa shape index (κ1) is 13.2. The van der Waals surface area contributed by atoms with Gasteiger partial charge in [0.2, 0.25) is 5.91 Å². The van der Waals surface area contributed by atoms with Crippen molar-refractivity contribution in [2.24, 2.45) is 16.6 Å². The lowest BCUT2D eigenvalue weighted by atomic mass is 10.0. The van der Waals surface area contributed by atoms with Crippen LogP contribution in [0.4, 0.5) is 0 Å². The lowest BCUT2D eigenvalue weighted by molar-refractivity contribution is -0.128. The van der Waals surface area contributed by atoms with E-state index in [9.17, 15) is 4.79 Å². The van der Waals surface area contributed by atoms with Gasteiger partial charge < -0.3 is 15.5 Å². The quantitative estimate of drug-likeness (QED) is 0.580. The maximum Gasteiger partial charge on any atom is 0.244 e. The summed E-state index contributed by atoms with van der Waals surface area (Å²) in [4.78, 5) is 20.1. The normalized spacial score (nSPS) is 25.6. The Morgan fingerprint density at radius 1 is 1.22 bits per heavy atom. The zero-order valence-electron chi connectivity index (χ0n) is 11.3. The topological polar surface area (TPSA) is 61.9 Å². The van der Waals surface area contributed by atoms with Crippen molar-refractivity contribution in [3.63, 3.8) is 0 Å². The largest absolute Gasteiger partial charge is 0.370 e. The lowest BCUT2D eigenvalue weighted by Gasteiger charge is -2.31. The molecule has 0 aliphatic carbocycles. The highest BCUT2D eigenvalue weighted by Gasteiger charge is 2.20. The molecular formula is C13H24N4O. The van der Waals surface area contributed by atoms with Crippen molar-refractivity contribution in [3.8, 4) is 0 Å². The van der Waals surface area contributed by atoms with Gasteiger partial charge >= 0.3 is 0 Å². The van der Waals surface area contributed by atoms with E-state index < -0.39 is 0 Å². The number of nitrogens with two attached hydrogens (primary N) is 1. The Hall–Kier alpha value is -1.26. The Kier molecular flexibility index (Phi) is 4.44. The van der Waals surface area contributed by atoms with Crippen molar-refractivity contribution in [2.45, 2.75) is 32.6 Å². The first-order valence-electron chi connectivity index (χ1n) is 6.99. The van der Waals surface area contributed by atoms with E-state index in [1.54, 1.807) is 0 Å². The number of hydrogen-bond acceptors (Lipinski definition) is 2. The van der Waals surface area contributed by atoms with Gasteiger partial charge in [0.15, 0.2) is 5.96 Å². The van der Waals surface area contributed by atoms with Crippen LogP contribution < -0.4 is 5.73 Å². The number of carbonyl (C=O) groups is 1. The average Bonchev–Trinajstić information content (AvgIpc) is 2.89. The molecule has 2 fully saturated rings. The van der Waals surface area contributed by atoms with Crippen molar-refractivity contribution in [1.29, 1.82) is 0 Å². The van der Waals surface area contributed by atoms with Gasteiger partial charge in [0.1, 0.15) is 6.54 Å². The number of rotatable bonds is 2. The number of piperidine rings is 1. The molecule has 2 aliphatic heterocycles. The predicted octanol–water partition coefficient (Wildman–Crippen LogP) is 0.655. The van der Waals surface area contributed by atoms with E-state index >= 15 is 0 Å². The van der Waals surface area contributed by atoms with Crippen LogP contribution in [0.5, 0.6) is 0 Å². The van der Waals surface area contributed by atoms with Gasteiger partial charge in [-0.15, -0.1) is 0 Å². The fourth-order valence-electron chi connectivity index (χ4n) is 2.71. The summed E-state index contributed by atoms with van der Waals surface area (Å²) < 4.78 is 0. The van der Waals surface area contributed by atoms with Crippen LogP contribution in [0.25, 0.3) is 0 Å². The van der Waals surface area contributed by atoms with Crippen LogP contribution in [0.1, 0.15) is 32.6 Å². The van der Waals surface area contributed by atoms with Crippen molar-refractivity contribution in [1.82, 2.24) is 9.80 Å². The van der Waals surface area contributed by atoms with E-state index in [0.717, 1.165) is 45.4 Å². The van der Waals surface area contributed by atoms with Crippen LogP contribution in [-0.2, 0) is 4.79 Å². The van der Waals surface area contributed by atoms with Crippen LogP contribution in [0.2, 0.25) is 0 Å². The standard InChI is InChI=1S/C13H24N4O/c1-11-5-4-8-17(10-11)13(14)15-9-12(18)16-6-2-3-7-16/h11H,2-10H2,1H3,(H2,14,15). The summed E-state index contributed by atoms with van der Waals surface area (Å²) >= 11 is 0. The van der Waals surface area contributed by atoms with E-state index in [1.807, 2.05) is 4.90 Å². The maximum absolute atomic E-state index is 11.8. The van der Waals surface area contributed by atoms with Crippen LogP contribution in [0.3, 0.4) is 0 Å². The van der Waals surface area contributed by atoms with Gasteiger partial charge in [-0.2, -0.15) is 0 Å². The Labute approximate surface area is 109 Å². The minimum atomic E-state index is 0.112. The number of nitrogens with zero attached hydrogens (tertiary/aromatic N) is 3. The Morgan fingerprint density at radius 2 is 1.89 bits per heavy atom. The molecule has 0 aromatic heterocycles. The van der Waals surface area contributed by atoms with Gasteiger partial charge in [-0.1, -0.05) is 6.92 Å². The van der Waals surface area contributed by atoms with Crippen LogP contribution in [-0.4, -0.2) is 54.4 Å². The molecule has 2 heterocycles. The minimum Gasteiger partial charge on any atom is -0.370 e. The molecule has 18 heavy (non-hydrogen) atoms. The molecule has 1 atom stereocenters. The fourth-order valence-corrected chi connectivity index (χ4v) is 2.71. The third-order valence-electron chi connectivity index (χ3n) is 3.82. The molecule has 0 spiro atoms. The van der Waals surface area contributed by atoms with Gasteiger partial charge in [0, 0.05) is 26.2 Å². The molecule has 0 aromatic carbocycles. The van der Waals surface area contributed by atoms with Crippen LogP contribution >= 0.6 is 0 Å². The van der Waals surface area contributed by atoms with Crippen molar-refractivity contribution in [3.05, 3.63) is 0 Å². The molecule has 5 nitrogen and oxygen atoms in total. The Morgan fingerprint density at radius 3 is 2.56 bits per heavy atom. The third kappa shape index (κ3) is 3.37. The predicted molar refractivity (Wildman–Crippen MR) is 72.3 cm³/mol. The van der Waals surface area contributed by atoms with E-state index in [2.05, 4.69) is 16.8 Å². The van der Waals surface area contributed by atoms with E-state index in [4.69, 9.17) is 5.73 Å². The zero-order chi connectivity index (χ0) is 13.0. The van der Waals surface area contributed by atoms with Gasteiger partial charge in [-0.3, -0.25) is 4.79 Å². The lowest BCUT2D eigenvalue weighted by Crippen LogP contribution is -2.44. The van der Waals surface area contributed by atoms with E-state index in [1.165, 1.54) is 6.42 Å². The second kappa shape index (κ2) is 6.07. The fraction of sp³-hybridized carbons (Fsp3) is 0.846. The van der Waals surface area contributed by atoms with Crippen molar-refractivity contribution in [2.75, 3.05) is 32.7 Å². The number of aliphatic imine (C=N–C) groups is 1. The first-order valence-corrected chi connectivity index (χ1v) is 6.99. The minimum absolute atomic E-state index is 0.112. The Bertz CT molecular complexity index is 323. The molecule has 0 saturated carbocycles. The van der Waals surface area contributed by atoms with Gasteiger partial charge in [-0.05, 0) is 31.6 Å². The molecule has 0 radical (unpaired) electrons. The monoisotopic (exact) mass is 252 g/mol. The zero-order valence-corrected chi connectivity index (χ0v) is 11.3. The maximum atomic E-state index is 11.8. The summed E-state index contributed by atoms with van der Waals surface area (Å²) in [6.45, 7) is 6.14. The molecule has 2 aliphatic rings. The summed E-state index contributed by atoms with van der Waals surface area (Å²) in [6, 6.07) is 0. The average molecular weight is 252 g/mol. The molecule has 1 unspecified atom stereocenters. The molecule has 2 N–H and O–H groups in total. The van der Waals surface area contributed by atoms with Gasteiger partial charge in [-0.25, -0.2) is 4.99 Å². The van der Waals surface area contributed by atoms with Crippen LogP contribution in [0, 0.1) is 5.92 Å². The highest BCUT2D eigenvalue weighted by molar-refractivity contribution is 5.84. The Balaban J connectivity index is 1.82. The summed E-state index contributed by atoms with van der Waals surface area (Å²) in [5, 5.41) is 0. The van der Waals surface area contributed by atoms with Gasteiger partial charge in [0.05, 0.1) is 0 Å². The highest BCUT2D eigenvalue weighted by atomic mass is 16.2. The molecule has 2 saturated heterocycles. The summed E-state index contributed by atoms with van der Waals surface area (Å²) in [5.74, 6) is 1.32. The number of likely N-dealkylation sites (tertiary alicyclic amines) is 2. The molecule has 2 rings (SSSR count). The van der Waals surface area contributed by atoms with Crippen LogP contribution in [0.15, 0.2) is 4.99 Å². The molecule has 102 valence electrons. The molecule has 0 aromatic rings. The number of hydrogen-bond donors (Lipinski definition) is 1. The van der Waals surface area contributed by atoms with E-state index in [-0.39, 0.29) is 12.5 Å². The van der Waals surface area contributed by atoms with E-state index in [0.29, 0.717) is 11.9 Å². The second-order valence-corrected chi connectivity index (χ2v) is 5.46. The number of carbonyl (C=O) groups excluding carboxylic acids is 1.